The van der Waals surface area contributed by atoms with Gasteiger partial charge in [-0.1, -0.05) is 12.1 Å². The number of nitrogen functional groups attached to an aromatic ring is 2. The van der Waals surface area contributed by atoms with Crippen molar-refractivity contribution in [3.05, 3.63) is 75.3 Å². The smallest absolute Gasteiger partial charge is 0.269 e. The Morgan fingerprint density at radius 2 is 1.73 bits per heavy atom. The van der Waals surface area contributed by atoms with Crippen LogP contribution in [-0.4, -0.2) is 15.9 Å². The number of nitrogens with two attached hydrogens (primary N) is 2. The number of nitro benzene ring substituents is 1. The van der Waals surface area contributed by atoms with Crippen LogP contribution in [0.3, 0.4) is 0 Å². The molecule has 0 fully saturated rings. The number of anilines is 3. The van der Waals surface area contributed by atoms with E-state index in [2.05, 4.69) is 20.6 Å². The van der Waals surface area contributed by atoms with E-state index < -0.39 is 11.0 Å². The van der Waals surface area contributed by atoms with Crippen molar-refractivity contribution >= 4 is 29.0 Å². The number of rotatable bonds is 4. The molecule has 2 aromatic carbocycles. The van der Waals surface area contributed by atoms with Crippen LogP contribution < -0.4 is 26.8 Å². The second-order valence-corrected chi connectivity index (χ2v) is 6.82. The van der Waals surface area contributed by atoms with Crippen LogP contribution >= 0.6 is 0 Å². The molecule has 6 N–H and O–H groups in total. The largest absolute Gasteiger partial charge is 0.457 e. The van der Waals surface area contributed by atoms with Crippen LogP contribution in [0.25, 0.3) is 0 Å². The highest BCUT2D eigenvalue weighted by Crippen LogP contribution is 2.40. The van der Waals surface area contributed by atoms with Gasteiger partial charge in [-0.05, 0) is 29.8 Å². The molecule has 4 rings (SSSR count). The Labute approximate surface area is 186 Å². The standard InChI is InChI=1S/C21H15N9O3/c22-9-15-17(24)16-18(27-21(26-10-23)29-20(16)28-19(15)25)11-1-5-13(6-2-11)33-14-7-3-12(4-8-14)30(31)32/h1-8,18H,(H6,24,25,26,27,28,29). The number of guanidine groups is 1. The molecule has 0 bridgehead atoms. The summed E-state index contributed by atoms with van der Waals surface area (Å²) in [6.07, 6.45) is 1.79. The first-order valence-electron chi connectivity index (χ1n) is 9.42. The van der Waals surface area contributed by atoms with Gasteiger partial charge in [0, 0.05) is 17.7 Å². The number of pyridine rings is 1. The lowest BCUT2D eigenvalue weighted by atomic mass is 9.95. The number of aliphatic imine (C=N–C) groups is 1. The van der Waals surface area contributed by atoms with Gasteiger partial charge in [-0.2, -0.15) is 10.5 Å². The number of ether oxygens (including phenoxy) is 1. The average molecular weight is 441 g/mol. The first kappa shape index (κ1) is 20.9. The van der Waals surface area contributed by atoms with Gasteiger partial charge in [-0.3, -0.25) is 15.4 Å². The second kappa shape index (κ2) is 8.41. The van der Waals surface area contributed by atoms with Gasteiger partial charge in [0.15, 0.2) is 6.19 Å². The molecule has 0 aliphatic carbocycles. The lowest BCUT2D eigenvalue weighted by Crippen LogP contribution is -2.32. The number of non-ortho nitro benzene ring substituents is 1. The van der Waals surface area contributed by atoms with E-state index in [9.17, 15) is 15.4 Å². The zero-order valence-corrected chi connectivity index (χ0v) is 16.8. The molecular weight excluding hydrogens is 426 g/mol. The zero-order valence-electron chi connectivity index (χ0n) is 16.8. The lowest BCUT2D eigenvalue weighted by Gasteiger charge is -2.26. The minimum Gasteiger partial charge on any atom is -0.457 e. The number of benzene rings is 2. The lowest BCUT2D eigenvalue weighted by molar-refractivity contribution is -0.384. The van der Waals surface area contributed by atoms with E-state index in [0.29, 0.717) is 22.6 Å². The highest BCUT2D eigenvalue weighted by Gasteiger charge is 2.29. The highest BCUT2D eigenvalue weighted by atomic mass is 16.6. The van der Waals surface area contributed by atoms with Crippen molar-refractivity contribution in [2.45, 2.75) is 6.04 Å². The molecule has 162 valence electrons. The number of nitriles is 2. The summed E-state index contributed by atoms with van der Waals surface area (Å²) >= 11 is 0. The van der Waals surface area contributed by atoms with Gasteiger partial charge in [0.25, 0.3) is 5.69 Å². The summed E-state index contributed by atoms with van der Waals surface area (Å²) in [7, 11) is 0. The molecule has 1 aliphatic heterocycles. The Kier molecular flexibility index (Phi) is 5.32. The van der Waals surface area contributed by atoms with E-state index in [4.69, 9.17) is 21.5 Å². The fraction of sp³-hybridized carbons (Fsp3) is 0.0476. The third kappa shape index (κ3) is 3.99. The van der Waals surface area contributed by atoms with Crippen LogP contribution in [0.15, 0.2) is 53.5 Å². The fourth-order valence-corrected chi connectivity index (χ4v) is 3.31. The van der Waals surface area contributed by atoms with E-state index >= 15 is 0 Å². The maximum absolute atomic E-state index is 10.8. The SMILES string of the molecule is N#CNC1=NC(c2ccc(Oc3ccc([N+](=O)[O-])cc3)cc2)c2c(nc(N)c(C#N)c2N)N1. The summed E-state index contributed by atoms with van der Waals surface area (Å²) in [6.45, 7) is 0. The second-order valence-electron chi connectivity index (χ2n) is 6.82. The summed E-state index contributed by atoms with van der Waals surface area (Å²) in [5, 5.41) is 34.5. The third-order valence-electron chi connectivity index (χ3n) is 4.84. The number of nitro groups is 1. The van der Waals surface area contributed by atoms with Crippen LogP contribution in [0.5, 0.6) is 11.5 Å². The normalized spacial score (nSPS) is 14.0. The average Bonchev–Trinajstić information content (AvgIpc) is 2.80. The summed E-state index contributed by atoms with van der Waals surface area (Å²) in [4.78, 5) is 19.0. The number of nitrogens with one attached hydrogen (secondary N) is 2. The molecule has 1 atom stereocenters. The third-order valence-corrected chi connectivity index (χ3v) is 4.84. The van der Waals surface area contributed by atoms with Crippen molar-refractivity contribution in [1.29, 1.82) is 10.5 Å². The molecule has 1 unspecified atom stereocenters. The quantitative estimate of drug-likeness (QED) is 0.202. The molecular formula is C21H15N9O3. The van der Waals surface area contributed by atoms with Crippen LogP contribution in [0.4, 0.5) is 23.0 Å². The van der Waals surface area contributed by atoms with Gasteiger partial charge in [0.05, 0.1) is 10.6 Å². The first-order valence-corrected chi connectivity index (χ1v) is 9.42. The predicted molar refractivity (Wildman–Crippen MR) is 119 cm³/mol. The Balaban J connectivity index is 1.67. The molecule has 0 radical (unpaired) electrons. The van der Waals surface area contributed by atoms with Crippen LogP contribution in [0, 0.1) is 32.9 Å². The fourth-order valence-electron chi connectivity index (χ4n) is 3.31. The van der Waals surface area contributed by atoms with Gasteiger partial charge in [0.1, 0.15) is 40.8 Å². The van der Waals surface area contributed by atoms with Gasteiger partial charge in [0.2, 0.25) is 5.96 Å². The van der Waals surface area contributed by atoms with E-state index in [1.54, 1.807) is 30.5 Å². The zero-order chi connectivity index (χ0) is 23.5. The number of nitrogens with zero attached hydrogens (tertiary/aromatic N) is 5. The maximum atomic E-state index is 10.8. The molecule has 2 heterocycles. The summed E-state index contributed by atoms with van der Waals surface area (Å²) in [6, 6.07) is 13.8. The topological polar surface area (TPSA) is 201 Å². The van der Waals surface area contributed by atoms with Crippen molar-refractivity contribution in [2.24, 2.45) is 4.99 Å². The Morgan fingerprint density at radius 1 is 1.09 bits per heavy atom. The monoisotopic (exact) mass is 441 g/mol. The van der Waals surface area contributed by atoms with E-state index in [0.717, 1.165) is 0 Å². The summed E-state index contributed by atoms with van der Waals surface area (Å²) < 4.78 is 5.74. The van der Waals surface area contributed by atoms with Gasteiger partial charge < -0.3 is 21.5 Å². The van der Waals surface area contributed by atoms with Crippen molar-refractivity contribution in [2.75, 3.05) is 16.8 Å². The summed E-state index contributed by atoms with van der Waals surface area (Å²) in [5.74, 6) is 1.32. The van der Waals surface area contributed by atoms with Crippen molar-refractivity contribution in [3.63, 3.8) is 0 Å². The molecule has 1 aliphatic rings. The Morgan fingerprint density at radius 3 is 2.30 bits per heavy atom. The van der Waals surface area contributed by atoms with E-state index in [-0.39, 0.29) is 34.5 Å². The predicted octanol–water partition coefficient (Wildman–Crippen LogP) is 2.76. The van der Waals surface area contributed by atoms with Crippen LogP contribution in [-0.2, 0) is 0 Å². The molecule has 0 saturated carbocycles. The van der Waals surface area contributed by atoms with Crippen molar-refractivity contribution in [3.8, 4) is 23.8 Å². The molecule has 3 aromatic rings. The van der Waals surface area contributed by atoms with Gasteiger partial charge in [-0.25, -0.2) is 9.98 Å². The molecule has 12 nitrogen and oxygen atoms in total. The Hall–Kier alpha value is -5.36. The van der Waals surface area contributed by atoms with Gasteiger partial charge in [-0.15, -0.1) is 0 Å². The molecule has 0 spiro atoms. The number of hydrogen-bond donors (Lipinski definition) is 4. The summed E-state index contributed by atoms with van der Waals surface area (Å²) in [5.41, 5.74) is 13.4. The number of aromatic nitrogens is 1. The number of hydrogen-bond acceptors (Lipinski definition) is 11. The number of fused-ring (bicyclic) bond motifs is 1. The van der Waals surface area contributed by atoms with Crippen molar-refractivity contribution < 1.29 is 9.66 Å². The molecule has 0 amide bonds. The van der Waals surface area contributed by atoms with Crippen molar-refractivity contribution in [1.82, 2.24) is 10.3 Å². The van der Waals surface area contributed by atoms with Crippen LogP contribution in [0.2, 0.25) is 0 Å². The van der Waals surface area contributed by atoms with E-state index in [1.165, 1.54) is 24.3 Å². The molecule has 33 heavy (non-hydrogen) atoms. The maximum Gasteiger partial charge on any atom is 0.269 e. The minimum absolute atomic E-state index is 0.0366. The molecule has 1 aromatic heterocycles. The Bertz CT molecular complexity index is 1350. The molecule has 12 heteroatoms. The van der Waals surface area contributed by atoms with Crippen LogP contribution in [0.1, 0.15) is 22.7 Å². The minimum atomic E-state index is -0.675. The van der Waals surface area contributed by atoms with E-state index in [1.807, 2.05) is 6.07 Å². The molecule has 0 saturated heterocycles. The first-order chi connectivity index (χ1) is 15.9. The van der Waals surface area contributed by atoms with Gasteiger partial charge >= 0.3 is 0 Å². The highest BCUT2D eigenvalue weighted by molar-refractivity contribution is 5.98.